The van der Waals surface area contributed by atoms with Crippen molar-refractivity contribution in [3.63, 3.8) is 0 Å². The highest BCUT2D eigenvalue weighted by atomic mass is 35.5. The van der Waals surface area contributed by atoms with Gasteiger partial charge in [-0.25, -0.2) is 4.98 Å². The molecule has 100 valence electrons. The third-order valence-electron chi connectivity index (χ3n) is 2.52. The van der Waals surface area contributed by atoms with E-state index in [1.165, 1.54) is 0 Å². The average molecular weight is 278 g/mol. The Balaban J connectivity index is 2.27. The van der Waals surface area contributed by atoms with E-state index in [0.29, 0.717) is 16.9 Å². The second kappa shape index (κ2) is 5.89. The van der Waals surface area contributed by atoms with Crippen LogP contribution in [-0.2, 0) is 0 Å². The van der Waals surface area contributed by atoms with Gasteiger partial charge in [0.05, 0.1) is 0 Å². The Labute approximate surface area is 117 Å². The maximum Gasteiger partial charge on any atom is 0.226 e. The van der Waals surface area contributed by atoms with Gasteiger partial charge in [0.1, 0.15) is 5.75 Å². The fraction of sp³-hybridized carbons (Fsp3) is 0.286. The maximum atomic E-state index is 5.92. The molecule has 1 aromatic carbocycles. The van der Waals surface area contributed by atoms with Crippen molar-refractivity contribution in [1.82, 2.24) is 9.97 Å². The van der Waals surface area contributed by atoms with Crippen molar-refractivity contribution < 1.29 is 4.74 Å². The first-order valence-corrected chi connectivity index (χ1v) is 6.50. The molecular formula is C14H16ClN3O. The highest BCUT2D eigenvalue weighted by Crippen LogP contribution is 2.26. The third-order valence-corrected chi connectivity index (χ3v) is 2.75. The van der Waals surface area contributed by atoms with Crippen LogP contribution in [-0.4, -0.2) is 16.5 Å². The molecule has 0 fully saturated rings. The van der Waals surface area contributed by atoms with Gasteiger partial charge in [0, 0.05) is 23.3 Å². The van der Waals surface area contributed by atoms with Gasteiger partial charge in [-0.05, 0) is 44.5 Å². The number of hydrogen-bond donors (Lipinski definition) is 1. The summed E-state index contributed by atoms with van der Waals surface area (Å²) in [6.07, 6.45) is 0. The molecular weight excluding hydrogens is 262 g/mol. The summed E-state index contributed by atoms with van der Waals surface area (Å²) in [4.78, 5) is 8.58. The van der Waals surface area contributed by atoms with E-state index in [1.54, 1.807) is 12.1 Å². The number of hydrogen-bond acceptors (Lipinski definition) is 4. The molecule has 0 aliphatic carbocycles. The number of aryl methyl sites for hydroxylation is 2. The molecule has 0 saturated carbocycles. The van der Waals surface area contributed by atoms with Gasteiger partial charge in [-0.15, -0.1) is 0 Å². The summed E-state index contributed by atoms with van der Waals surface area (Å²) in [7, 11) is 0. The van der Waals surface area contributed by atoms with Gasteiger partial charge in [0.15, 0.2) is 0 Å². The number of ether oxygens (including phenoxy) is 1. The fourth-order valence-corrected chi connectivity index (χ4v) is 1.90. The molecule has 0 saturated heterocycles. The van der Waals surface area contributed by atoms with E-state index in [1.807, 2.05) is 32.9 Å². The first-order valence-electron chi connectivity index (χ1n) is 6.12. The number of nitrogens with one attached hydrogen (secondary N) is 1. The van der Waals surface area contributed by atoms with Gasteiger partial charge in [0.25, 0.3) is 0 Å². The SMILES string of the molecule is CCNc1nc(C)cc(Oc2ccc(Cl)cc2C)n1. The Morgan fingerprint density at radius 3 is 2.68 bits per heavy atom. The molecule has 0 aliphatic rings. The lowest BCUT2D eigenvalue weighted by molar-refractivity contribution is 0.458. The number of anilines is 1. The van der Waals surface area contributed by atoms with Gasteiger partial charge < -0.3 is 10.1 Å². The van der Waals surface area contributed by atoms with Gasteiger partial charge in [-0.1, -0.05) is 11.6 Å². The van der Waals surface area contributed by atoms with Crippen LogP contribution < -0.4 is 10.1 Å². The summed E-state index contributed by atoms with van der Waals surface area (Å²) >= 11 is 5.92. The number of benzene rings is 1. The van der Waals surface area contributed by atoms with Gasteiger partial charge in [0.2, 0.25) is 11.8 Å². The van der Waals surface area contributed by atoms with Crippen molar-refractivity contribution in [2.75, 3.05) is 11.9 Å². The standard InChI is InChI=1S/C14H16ClN3O/c1-4-16-14-17-10(3)8-13(18-14)19-12-6-5-11(15)7-9(12)2/h5-8H,4H2,1-3H3,(H,16,17,18). The maximum absolute atomic E-state index is 5.92. The number of halogens is 1. The second-order valence-corrected chi connectivity index (χ2v) is 4.65. The van der Waals surface area contributed by atoms with Crippen molar-refractivity contribution in [3.05, 3.63) is 40.5 Å². The second-order valence-electron chi connectivity index (χ2n) is 4.21. The fourth-order valence-electron chi connectivity index (χ4n) is 1.67. The molecule has 1 N–H and O–H groups in total. The van der Waals surface area contributed by atoms with Gasteiger partial charge in [-0.2, -0.15) is 4.98 Å². The molecule has 0 radical (unpaired) electrons. The van der Waals surface area contributed by atoms with Crippen molar-refractivity contribution in [3.8, 4) is 11.6 Å². The highest BCUT2D eigenvalue weighted by molar-refractivity contribution is 6.30. The monoisotopic (exact) mass is 277 g/mol. The molecule has 0 amide bonds. The largest absolute Gasteiger partial charge is 0.439 e. The number of rotatable bonds is 4. The van der Waals surface area contributed by atoms with E-state index in [4.69, 9.17) is 16.3 Å². The van der Waals surface area contributed by atoms with Crippen molar-refractivity contribution in [2.24, 2.45) is 0 Å². The van der Waals surface area contributed by atoms with E-state index in [9.17, 15) is 0 Å². The molecule has 4 nitrogen and oxygen atoms in total. The molecule has 0 aliphatic heterocycles. The molecule has 2 rings (SSSR count). The quantitative estimate of drug-likeness (QED) is 0.918. The van der Waals surface area contributed by atoms with Crippen molar-refractivity contribution >= 4 is 17.5 Å². The molecule has 0 spiro atoms. The molecule has 19 heavy (non-hydrogen) atoms. The zero-order chi connectivity index (χ0) is 13.8. The Hall–Kier alpha value is -1.81. The van der Waals surface area contributed by atoms with E-state index in [2.05, 4.69) is 15.3 Å². The first kappa shape index (κ1) is 13.6. The van der Waals surface area contributed by atoms with Crippen molar-refractivity contribution in [2.45, 2.75) is 20.8 Å². The summed E-state index contributed by atoms with van der Waals surface area (Å²) < 4.78 is 5.78. The summed E-state index contributed by atoms with van der Waals surface area (Å²) in [5, 5.41) is 3.77. The van der Waals surface area contributed by atoms with Crippen LogP contribution in [0.5, 0.6) is 11.6 Å². The summed E-state index contributed by atoms with van der Waals surface area (Å²) in [5.41, 5.74) is 1.82. The molecule has 0 atom stereocenters. The predicted molar refractivity (Wildman–Crippen MR) is 77.2 cm³/mol. The normalized spacial score (nSPS) is 10.3. The average Bonchev–Trinajstić information content (AvgIpc) is 2.32. The summed E-state index contributed by atoms with van der Waals surface area (Å²) in [6, 6.07) is 7.29. The van der Waals surface area contributed by atoms with Crippen LogP contribution in [0.1, 0.15) is 18.2 Å². The molecule has 5 heteroatoms. The van der Waals surface area contributed by atoms with Crippen LogP contribution in [0, 0.1) is 13.8 Å². The Morgan fingerprint density at radius 1 is 1.21 bits per heavy atom. The van der Waals surface area contributed by atoms with Crippen LogP contribution in [0.25, 0.3) is 0 Å². The molecule has 0 bridgehead atoms. The van der Waals surface area contributed by atoms with E-state index >= 15 is 0 Å². The lowest BCUT2D eigenvalue weighted by atomic mass is 10.2. The molecule has 1 aromatic heterocycles. The Morgan fingerprint density at radius 2 is 2.00 bits per heavy atom. The zero-order valence-electron chi connectivity index (χ0n) is 11.2. The smallest absolute Gasteiger partial charge is 0.226 e. The molecule has 1 heterocycles. The van der Waals surface area contributed by atoms with Crippen molar-refractivity contribution in [1.29, 1.82) is 0 Å². The lowest BCUT2D eigenvalue weighted by Gasteiger charge is -2.10. The van der Waals surface area contributed by atoms with Crippen LogP contribution in [0.15, 0.2) is 24.3 Å². The summed E-state index contributed by atoms with van der Waals surface area (Å²) in [5.74, 6) is 1.84. The Bertz CT molecular complexity index is 587. The topological polar surface area (TPSA) is 47.0 Å². The highest BCUT2D eigenvalue weighted by Gasteiger charge is 2.06. The van der Waals surface area contributed by atoms with E-state index in [0.717, 1.165) is 23.6 Å². The minimum Gasteiger partial charge on any atom is -0.439 e. The van der Waals surface area contributed by atoms with Crippen LogP contribution in [0.2, 0.25) is 5.02 Å². The third kappa shape index (κ3) is 3.58. The number of nitrogens with zero attached hydrogens (tertiary/aromatic N) is 2. The predicted octanol–water partition coefficient (Wildman–Crippen LogP) is 3.97. The van der Waals surface area contributed by atoms with E-state index < -0.39 is 0 Å². The van der Waals surface area contributed by atoms with E-state index in [-0.39, 0.29) is 0 Å². The first-order chi connectivity index (χ1) is 9.08. The van der Waals surface area contributed by atoms with Crippen LogP contribution in [0.4, 0.5) is 5.95 Å². The summed E-state index contributed by atoms with van der Waals surface area (Å²) in [6.45, 7) is 6.61. The lowest BCUT2D eigenvalue weighted by Crippen LogP contribution is -2.04. The van der Waals surface area contributed by atoms with Gasteiger partial charge in [-0.3, -0.25) is 0 Å². The van der Waals surface area contributed by atoms with Crippen LogP contribution >= 0.6 is 11.6 Å². The molecule has 0 unspecified atom stereocenters. The molecule has 2 aromatic rings. The Kier molecular flexibility index (Phi) is 4.22. The minimum absolute atomic E-state index is 0.522. The van der Waals surface area contributed by atoms with Crippen LogP contribution in [0.3, 0.4) is 0 Å². The van der Waals surface area contributed by atoms with Gasteiger partial charge >= 0.3 is 0 Å². The zero-order valence-corrected chi connectivity index (χ0v) is 12.0. The minimum atomic E-state index is 0.522. The number of aromatic nitrogens is 2.